The standard InChI is InChI=1S/C20H20O8/c1-23-12-7-6-10(8-13(12)24-2)17-20(27-5)16(22)15-14(25-3)9-11(21)18(26-4)19(15)28-17/h6-9,21H,1-5H3. The van der Waals surface area contributed by atoms with E-state index in [4.69, 9.17) is 28.1 Å². The highest BCUT2D eigenvalue weighted by molar-refractivity contribution is 5.93. The Morgan fingerprint density at radius 2 is 1.43 bits per heavy atom. The smallest absolute Gasteiger partial charge is 0.239 e. The summed E-state index contributed by atoms with van der Waals surface area (Å²) in [5.74, 6) is 1.02. The van der Waals surface area contributed by atoms with Crippen LogP contribution in [0.15, 0.2) is 33.5 Å². The second-order valence-corrected chi connectivity index (χ2v) is 5.70. The molecular formula is C20H20O8. The van der Waals surface area contributed by atoms with Crippen molar-refractivity contribution < 1.29 is 33.2 Å². The lowest BCUT2D eigenvalue weighted by atomic mass is 10.1. The van der Waals surface area contributed by atoms with Gasteiger partial charge in [0.05, 0.1) is 35.5 Å². The molecule has 3 rings (SSSR count). The maximum atomic E-state index is 13.1. The molecule has 1 aromatic heterocycles. The van der Waals surface area contributed by atoms with Gasteiger partial charge < -0.3 is 33.2 Å². The summed E-state index contributed by atoms with van der Waals surface area (Å²) in [4.78, 5) is 13.1. The summed E-state index contributed by atoms with van der Waals surface area (Å²) < 4.78 is 32.3. The van der Waals surface area contributed by atoms with Crippen LogP contribution in [0.25, 0.3) is 22.3 Å². The molecule has 0 unspecified atom stereocenters. The number of aromatic hydroxyl groups is 1. The fourth-order valence-corrected chi connectivity index (χ4v) is 2.99. The van der Waals surface area contributed by atoms with E-state index >= 15 is 0 Å². The monoisotopic (exact) mass is 388 g/mol. The minimum atomic E-state index is -0.469. The van der Waals surface area contributed by atoms with Gasteiger partial charge in [0, 0.05) is 11.6 Å². The topological polar surface area (TPSA) is 96.6 Å². The molecule has 0 atom stereocenters. The number of fused-ring (bicyclic) bond motifs is 1. The lowest BCUT2D eigenvalue weighted by Crippen LogP contribution is -2.09. The van der Waals surface area contributed by atoms with Crippen molar-refractivity contribution in [1.29, 1.82) is 0 Å². The molecule has 8 heteroatoms. The van der Waals surface area contributed by atoms with Crippen molar-refractivity contribution in [2.45, 2.75) is 0 Å². The molecule has 0 amide bonds. The number of hydrogen-bond acceptors (Lipinski definition) is 8. The van der Waals surface area contributed by atoms with Crippen molar-refractivity contribution in [2.75, 3.05) is 35.5 Å². The first-order chi connectivity index (χ1) is 13.5. The number of hydrogen-bond donors (Lipinski definition) is 1. The maximum Gasteiger partial charge on any atom is 0.239 e. The van der Waals surface area contributed by atoms with Crippen molar-refractivity contribution in [2.24, 2.45) is 0 Å². The van der Waals surface area contributed by atoms with Crippen LogP contribution in [-0.4, -0.2) is 40.7 Å². The SMILES string of the molecule is COc1ccc(-c2oc3c(OC)c(O)cc(OC)c3c(=O)c2OC)cc1OC. The molecule has 0 spiro atoms. The van der Waals surface area contributed by atoms with Crippen LogP contribution in [0.3, 0.4) is 0 Å². The Kier molecular flexibility index (Phi) is 5.21. The van der Waals surface area contributed by atoms with E-state index in [-0.39, 0.29) is 39.7 Å². The van der Waals surface area contributed by atoms with Gasteiger partial charge in [-0.2, -0.15) is 0 Å². The van der Waals surface area contributed by atoms with Crippen LogP contribution in [0.4, 0.5) is 0 Å². The van der Waals surface area contributed by atoms with Gasteiger partial charge in [0.2, 0.25) is 16.9 Å². The van der Waals surface area contributed by atoms with Crippen LogP contribution in [0.1, 0.15) is 0 Å². The van der Waals surface area contributed by atoms with E-state index in [1.54, 1.807) is 18.2 Å². The lowest BCUT2D eigenvalue weighted by Gasteiger charge is -2.15. The van der Waals surface area contributed by atoms with E-state index in [1.807, 2.05) is 0 Å². The molecule has 1 N–H and O–H groups in total. The van der Waals surface area contributed by atoms with Crippen molar-refractivity contribution in [1.82, 2.24) is 0 Å². The van der Waals surface area contributed by atoms with Gasteiger partial charge >= 0.3 is 0 Å². The fraction of sp³-hybridized carbons (Fsp3) is 0.250. The summed E-state index contributed by atoms with van der Waals surface area (Å²) in [6.45, 7) is 0. The molecule has 0 saturated carbocycles. The quantitative estimate of drug-likeness (QED) is 0.688. The lowest BCUT2D eigenvalue weighted by molar-refractivity contribution is 0.354. The van der Waals surface area contributed by atoms with Crippen molar-refractivity contribution in [3.8, 4) is 45.8 Å². The van der Waals surface area contributed by atoms with Gasteiger partial charge in [0.25, 0.3) is 0 Å². The van der Waals surface area contributed by atoms with Crippen LogP contribution in [0.2, 0.25) is 0 Å². The van der Waals surface area contributed by atoms with Crippen LogP contribution in [-0.2, 0) is 0 Å². The zero-order valence-corrected chi connectivity index (χ0v) is 16.1. The summed E-state index contributed by atoms with van der Waals surface area (Å²) in [5, 5.41) is 10.3. The first kappa shape index (κ1) is 19.2. The van der Waals surface area contributed by atoms with E-state index < -0.39 is 5.43 Å². The van der Waals surface area contributed by atoms with Crippen LogP contribution < -0.4 is 29.1 Å². The number of methoxy groups -OCH3 is 5. The first-order valence-corrected chi connectivity index (χ1v) is 8.21. The predicted molar refractivity (Wildman–Crippen MR) is 102 cm³/mol. The third kappa shape index (κ3) is 2.92. The first-order valence-electron chi connectivity index (χ1n) is 8.21. The maximum absolute atomic E-state index is 13.1. The van der Waals surface area contributed by atoms with Crippen molar-refractivity contribution in [3.05, 3.63) is 34.5 Å². The molecule has 0 aliphatic rings. The number of ether oxygens (including phenoxy) is 5. The molecule has 148 valence electrons. The molecule has 3 aromatic rings. The summed E-state index contributed by atoms with van der Waals surface area (Å²) in [6, 6.07) is 6.31. The Balaban J connectivity index is 2.43. The number of phenols is 1. The second-order valence-electron chi connectivity index (χ2n) is 5.70. The summed E-state index contributed by atoms with van der Waals surface area (Å²) >= 11 is 0. The molecule has 1 heterocycles. The average molecular weight is 388 g/mol. The zero-order valence-electron chi connectivity index (χ0n) is 16.1. The number of benzene rings is 2. The van der Waals surface area contributed by atoms with E-state index in [9.17, 15) is 9.90 Å². The summed E-state index contributed by atoms with van der Waals surface area (Å²) in [7, 11) is 7.14. The fourth-order valence-electron chi connectivity index (χ4n) is 2.99. The average Bonchev–Trinajstić information content (AvgIpc) is 2.72. The van der Waals surface area contributed by atoms with E-state index in [2.05, 4.69) is 0 Å². The van der Waals surface area contributed by atoms with Crippen LogP contribution in [0.5, 0.6) is 34.5 Å². The van der Waals surface area contributed by atoms with Gasteiger partial charge in [-0.1, -0.05) is 0 Å². The molecular weight excluding hydrogens is 368 g/mol. The molecule has 0 saturated heterocycles. The third-order valence-electron chi connectivity index (χ3n) is 4.30. The minimum absolute atomic E-state index is 0.0114. The zero-order chi connectivity index (χ0) is 20.4. The molecule has 0 radical (unpaired) electrons. The van der Waals surface area contributed by atoms with Gasteiger partial charge in [-0.25, -0.2) is 0 Å². The minimum Gasteiger partial charge on any atom is -0.504 e. The highest BCUT2D eigenvalue weighted by Gasteiger charge is 2.25. The van der Waals surface area contributed by atoms with Crippen molar-refractivity contribution >= 4 is 11.0 Å². The Bertz CT molecular complexity index is 1080. The van der Waals surface area contributed by atoms with E-state index in [0.717, 1.165) is 0 Å². The van der Waals surface area contributed by atoms with E-state index in [1.165, 1.54) is 41.6 Å². The van der Waals surface area contributed by atoms with Gasteiger partial charge in [-0.15, -0.1) is 0 Å². The Morgan fingerprint density at radius 3 is 2.00 bits per heavy atom. The normalized spacial score (nSPS) is 10.6. The highest BCUT2D eigenvalue weighted by Crippen LogP contribution is 2.43. The van der Waals surface area contributed by atoms with Gasteiger partial charge in [0.1, 0.15) is 11.1 Å². The predicted octanol–water partition coefficient (Wildman–Crippen LogP) is 3.21. The number of rotatable bonds is 6. The number of phenolic OH excluding ortho intramolecular Hbond substituents is 1. The molecule has 0 aliphatic heterocycles. The highest BCUT2D eigenvalue weighted by atomic mass is 16.5. The Morgan fingerprint density at radius 1 is 0.786 bits per heavy atom. The van der Waals surface area contributed by atoms with Gasteiger partial charge in [-0.3, -0.25) is 4.79 Å². The third-order valence-corrected chi connectivity index (χ3v) is 4.30. The molecule has 0 aliphatic carbocycles. The molecule has 0 fully saturated rings. The van der Waals surface area contributed by atoms with Gasteiger partial charge in [0.15, 0.2) is 28.6 Å². The largest absolute Gasteiger partial charge is 0.504 e. The summed E-state index contributed by atoms with van der Waals surface area (Å²) in [6.07, 6.45) is 0. The molecule has 2 aromatic carbocycles. The molecule has 8 nitrogen and oxygen atoms in total. The molecule has 28 heavy (non-hydrogen) atoms. The second kappa shape index (κ2) is 7.59. The van der Waals surface area contributed by atoms with E-state index in [0.29, 0.717) is 17.1 Å². The summed E-state index contributed by atoms with van der Waals surface area (Å²) in [5.41, 5.74) is 0.0801. The van der Waals surface area contributed by atoms with Gasteiger partial charge in [-0.05, 0) is 18.2 Å². The van der Waals surface area contributed by atoms with Crippen LogP contribution in [0, 0.1) is 0 Å². The Labute approximate surface area is 160 Å². The Hall–Kier alpha value is -3.55. The van der Waals surface area contributed by atoms with Crippen molar-refractivity contribution in [3.63, 3.8) is 0 Å². The van der Waals surface area contributed by atoms with Crippen LogP contribution >= 0.6 is 0 Å². The molecule has 0 bridgehead atoms.